The average Bonchev–Trinajstić information content (AvgIpc) is 2.64. The van der Waals surface area contributed by atoms with Crippen molar-refractivity contribution < 1.29 is 9.59 Å². The van der Waals surface area contributed by atoms with E-state index in [1.54, 1.807) is 6.08 Å². The van der Waals surface area contributed by atoms with Gasteiger partial charge in [-0.1, -0.05) is 17.2 Å². The van der Waals surface area contributed by atoms with Crippen molar-refractivity contribution in [2.24, 2.45) is 23.7 Å². The minimum absolute atomic E-state index is 0.0210. The van der Waals surface area contributed by atoms with Gasteiger partial charge in [0.15, 0.2) is 5.78 Å². The molecule has 0 aromatic rings. The normalized spacial score (nSPS) is 44.1. The highest BCUT2D eigenvalue weighted by atomic mass is 16.1. The average molecular weight is 188 g/mol. The van der Waals surface area contributed by atoms with Gasteiger partial charge in [-0.15, -0.1) is 0 Å². The number of rotatable bonds is 0. The Labute approximate surface area is 82.7 Å². The van der Waals surface area contributed by atoms with Gasteiger partial charge in [0.05, 0.1) is 0 Å². The molecule has 14 heavy (non-hydrogen) atoms. The van der Waals surface area contributed by atoms with E-state index in [0.29, 0.717) is 0 Å². The largest absolute Gasteiger partial charge is 0.298 e. The topological polar surface area (TPSA) is 34.1 Å². The molecule has 0 amide bonds. The third-order valence-corrected chi connectivity index (χ3v) is 3.93. The minimum Gasteiger partial charge on any atom is -0.298 e. The number of carbonyl (C=O) groups is 2. The van der Waals surface area contributed by atoms with E-state index in [1.165, 1.54) is 5.57 Å². The summed E-state index contributed by atoms with van der Waals surface area (Å²) in [6.07, 6.45) is 3.73. The molecule has 0 N–H and O–H groups in total. The van der Waals surface area contributed by atoms with Crippen molar-refractivity contribution in [1.29, 1.82) is 0 Å². The standard InChI is InChI=1S/C12H12O2/c1-5-3-7-11-8(13)4-6(2)9(11)10(5)12(7)14/h3-4,7,9-11H,1-2H3. The molecule has 3 aliphatic carbocycles. The van der Waals surface area contributed by atoms with Crippen molar-refractivity contribution in [3.63, 3.8) is 0 Å². The predicted molar refractivity (Wildman–Crippen MR) is 51.5 cm³/mol. The lowest BCUT2D eigenvalue weighted by molar-refractivity contribution is -0.124. The Bertz CT molecular complexity index is 414. The van der Waals surface area contributed by atoms with E-state index in [4.69, 9.17) is 0 Å². The zero-order chi connectivity index (χ0) is 10.0. The summed E-state index contributed by atoms with van der Waals surface area (Å²) in [5.41, 5.74) is 2.28. The first-order chi connectivity index (χ1) is 6.61. The number of hydrogen-bond donors (Lipinski definition) is 0. The van der Waals surface area contributed by atoms with Crippen LogP contribution in [-0.4, -0.2) is 11.6 Å². The van der Waals surface area contributed by atoms with Gasteiger partial charge in [-0.25, -0.2) is 0 Å². The number of carbonyl (C=O) groups excluding carboxylic acids is 2. The monoisotopic (exact) mass is 188 g/mol. The summed E-state index contributed by atoms with van der Waals surface area (Å²) in [6.45, 7) is 3.98. The van der Waals surface area contributed by atoms with Crippen LogP contribution in [0.2, 0.25) is 0 Å². The van der Waals surface area contributed by atoms with E-state index in [0.717, 1.165) is 5.57 Å². The summed E-state index contributed by atoms with van der Waals surface area (Å²) < 4.78 is 0. The molecule has 0 radical (unpaired) electrons. The molecule has 3 aliphatic rings. The van der Waals surface area contributed by atoms with Gasteiger partial charge in [0.2, 0.25) is 0 Å². The van der Waals surface area contributed by atoms with E-state index in [2.05, 4.69) is 0 Å². The fourth-order valence-corrected chi connectivity index (χ4v) is 3.39. The summed E-state index contributed by atoms with van der Waals surface area (Å²) in [5, 5.41) is 0. The quantitative estimate of drug-likeness (QED) is 0.540. The molecular formula is C12H12O2. The highest BCUT2D eigenvalue weighted by molar-refractivity contribution is 6.06. The minimum atomic E-state index is -0.105. The third-order valence-electron chi connectivity index (χ3n) is 3.93. The first-order valence-electron chi connectivity index (χ1n) is 5.05. The van der Waals surface area contributed by atoms with E-state index < -0.39 is 0 Å². The van der Waals surface area contributed by atoms with Crippen LogP contribution in [-0.2, 0) is 9.59 Å². The molecule has 0 saturated heterocycles. The second-order valence-corrected chi connectivity index (χ2v) is 4.66. The molecule has 0 aromatic carbocycles. The Morgan fingerprint density at radius 3 is 2.50 bits per heavy atom. The Balaban J connectivity index is 2.15. The van der Waals surface area contributed by atoms with E-state index >= 15 is 0 Å². The fraction of sp³-hybridized carbons (Fsp3) is 0.500. The first-order valence-corrected chi connectivity index (χ1v) is 5.05. The van der Waals surface area contributed by atoms with Crippen LogP contribution in [0.15, 0.2) is 23.3 Å². The maximum Gasteiger partial charge on any atom is 0.160 e. The molecule has 2 bridgehead atoms. The van der Waals surface area contributed by atoms with Crippen molar-refractivity contribution in [2.45, 2.75) is 13.8 Å². The molecular weight excluding hydrogens is 176 g/mol. The fourth-order valence-electron chi connectivity index (χ4n) is 3.39. The smallest absolute Gasteiger partial charge is 0.160 e. The lowest BCUT2D eigenvalue weighted by Gasteiger charge is -2.22. The number of fused-ring (bicyclic) bond motifs is 5. The Kier molecular flexibility index (Phi) is 1.31. The lowest BCUT2D eigenvalue weighted by Crippen LogP contribution is -2.22. The Morgan fingerprint density at radius 2 is 1.79 bits per heavy atom. The molecule has 0 heterocycles. The second-order valence-electron chi connectivity index (χ2n) is 4.66. The van der Waals surface area contributed by atoms with Crippen LogP contribution in [0.3, 0.4) is 0 Å². The van der Waals surface area contributed by atoms with Crippen LogP contribution in [0.25, 0.3) is 0 Å². The highest BCUT2D eigenvalue weighted by Gasteiger charge is 2.58. The molecule has 2 heteroatoms. The summed E-state index contributed by atoms with van der Waals surface area (Å²) in [4.78, 5) is 23.5. The number of Topliss-reactive ketones (excluding diaryl/α,β-unsaturated/α-hetero) is 1. The SMILES string of the molecule is CC1=CC2C(=O)C1C1C(C)=CC(=O)C21. The van der Waals surface area contributed by atoms with Crippen molar-refractivity contribution in [2.75, 3.05) is 0 Å². The van der Waals surface area contributed by atoms with Gasteiger partial charge in [-0.2, -0.15) is 0 Å². The zero-order valence-corrected chi connectivity index (χ0v) is 8.28. The molecule has 3 rings (SSSR count). The van der Waals surface area contributed by atoms with Gasteiger partial charge >= 0.3 is 0 Å². The molecule has 1 saturated carbocycles. The number of hydrogen-bond acceptors (Lipinski definition) is 2. The second kappa shape index (κ2) is 2.25. The van der Waals surface area contributed by atoms with E-state index in [-0.39, 0.29) is 35.2 Å². The Morgan fingerprint density at radius 1 is 1.07 bits per heavy atom. The van der Waals surface area contributed by atoms with Crippen LogP contribution in [0.5, 0.6) is 0 Å². The molecule has 4 atom stereocenters. The van der Waals surface area contributed by atoms with Gasteiger partial charge in [-0.3, -0.25) is 9.59 Å². The summed E-state index contributed by atoms with van der Waals surface area (Å²) in [7, 11) is 0. The maximum atomic E-state index is 11.9. The van der Waals surface area contributed by atoms with Crippen LogP contribution in [0.4, 0.5) is 0 Å². The molecule has 2 nitrogen and oxygen atoms in total. The highest BCUT2D eigenvalue weighted by Crippen LogP contribution is 2.54. The number of allylic oxidation sites excluding steroid dienone is 4. The first kappa shape index (κ1) is 8.16. The van der Waals surface area contributed by atoms with Gasteiger partial charge < -0.3 is 0 Å². The van der Waals surface area contributed by atoms with Gasteiger partial charge in [0.25, 0.3) is 0 Å². The number of ketones is 2. The van der Waals surface area contributed by atoms with Crippen molar-refractivity contribution >= 4 is 11.6 Å². The van der Waals surface area contributed by atoms with Crippen LogP contribution < -0.4 is 0 Å². The lowest BCUT2D eigenvalue weighted by atomic mass is 9.79. The molecule has 72 valence electrons. The summed E-state index contributed by atoms with van der Waals surface area (Å²) in [5.74, 6) is 0.510. The van der Waals surface area contributed by atoms with Crippen molar-refractivity contribution in [3.05, 3.63) is 23.3 Å². The van der Waals surface area contributed by atoms with Crippen molar-refractivity contribution in [1.82, 2.24) is 0 Å². The van der Waals surface area contributed by atoms with Gasteiger partial charge in [-0.05, 0) is 19.9 Å². The molecule has 4 unspecified atom stereocenters. The molecule has 0 aliphatic heterocycles. The predicted octanol–water partition coefficient (Wildman–Crippen LogP) is 1.52. The molecule has 1 fully saturated rings. The Hall–Kier alpha value is -1.18. The van der Waals surface area contributed by atoms with Crippen LogP contribution in [0.1, 0.15) is 13.8 Å². The zero-order valence-electron chi connectivity index (χ0n) is 8.28. The molecule has 0 spiro atoms. The maximum absolute atomic E-state index is 11.9. The van der Waals surface area contributed by atoms with E-state index in [1.807, 2.05) is 19.9 Å². The molecule has 0 aromatic heterocycles. The van der Waals surface area contributed by atoms with Crippen molar-refractivity contribution in [3.8, 4) is 0 Å². The third kappa shape index (κ3) is 0.692. The van der Waals surface area contributed by atoms with Crippen LogP contribution in [0, 0.1) is 23.7 Å². The summed E-state index contributed by atoms with van der Waals surface area (Å²) in [6, 6.07) is 0. The van der Waals surface area contributed by atoms with E-state index in [9.17, 15) is 9.59 Å². The van der Waals surface area contributed by atoms with Gasteiger partial charge in [0.1, 0.15) is 5.78 Å². The van der Waals surface area contributed by atoms with Gasteiger partial charge in [0, 0.05) is 23.7 Å². The summed E-state index contributed by atoms with van der Waals surface area (Å²) >= 11 is 0. The van der Waals surface area contributed by atoms with Crippen LogP contribution >= 0.6 is 0 Å².